The summed E-state index contributed by atoms with van der Waals surface area (Å²) in [5.74, 6) is -0.186. The van der Waals surface area contributed by atoms with Crippen LogP contribution >= 0.6 is 11.8 Å². The number of para-hydroxylation sites is 2. The normalized spacial score (nSPS) is 23.2. The van der Waals surface area contributed by atoms with Crippen LogP contribution in [0.15, 0.2) is 59.6 Å². The van der Waals surface area contributed by atoms with Gasteiger partial charge in [-0.05, 0) is 43.5 Å². The van der Waals surface area contributed by atoms with Crippen molar-refractivity contribution in [3.63, 3.8) is 0 Å². The number of carbonyl (C=O) groups excluding carboxylic acids is 2. The van der Waals surface area contributed by atoms with Crippen LogP contribution in [0.3, 0.4) is 0 Å². The molecule has 2 aromatic rings. The molecule has 4 rings (SSSR count). The predicted octanol–water partition coefficient (Wildman–Crippen LogP) is 3.67. The van der Waals surface area contributed by atoms with Crippen LogP contribution in [-0.2, 0) is 16.0 Å². The van der Waals surface area contributed by atoms with E-state index in [2.05, 4.69) is 16.4 Å². The third-order valence-electron chi connectivity index (χ3n) is 4.91. The van der Waals surface area contributed by atoms with Gasteiger partial charge in [0.2, 0.25) is 11.8 Å². The Morgan fingerprint density at radius 2 is 1.93 bits per heavy atom. The third-order valence-corrected chi connectivity index (χ3v) is 6.08. The third kappa shape index (κ3) is 3.62. The molecule has 2 heterocycles. The summed E-state index contributed by atoms with van der Waals surface area (Å²) in [6.45, 7) is 2.51. The van der Waals surface area contributed by atoms with E-state index in [0.29, 0.717) is 11.7 Å². The minimum Gasteiger partial charge on any atom is -0.312 e. The number of thioether (sulfide) groups is 1. The number of amidine groups is 1. The van der Waals surface area contributed by atoms with E-state index in [0.717, 1.165) is 24.2 Å². The summed E-state index contributed by atoms with van der Waals surface area (Å²) in [7, 11) is 0. The van der Waals surface area contributed by atoms with Crippen molar-refractivity contribution in [1.29, 1.82) is 0 Å². The molecule has 0 spiro atoms. The molecule has 2 aliphatic rings. The monoisotopic (exact) mass is 379 g/mol. The maximum absolute atomic E-state index is 13.0. The molecule has 2 aromatic carbocycles. The van der Waals surface area contributed by atoms with E-state index in [1.54, 1.807) is 0 Å². The minimum atomic E-state index is -0.850. The van der Waals surface area contributed by atoms with Gasteiger partial charge in [0.1, 0.15) is 4.75 Å². The average molecular weight is 379 g/mol. The van der Waals surface area contributed by atoms with Gasteiger partial charge < -0.3 is 10.2 Å². The van der Waals surface area contributed by atoms with Gasteiger partial charge in [-0.15, -0.1) is 0 Å². The van der Waals surface area contributed by atoms with Gasteiger partial charge in [-0.2, -0.15) is 0 Å². The largest absolute Gasteiger partial charge is 0.312 e. The number of aliphatic imine (C=N–C) groups is 1. The Morgan fingerprint density at radius 3 is 2.74 bits per heavy atom. The van der Waals surface area contributed by atoms with Crippen LogP contribution in [0, 0.1) is 0 Å². The summed E-state index contributed by atoms with van der Waals surface area (Å²) in [6.07, 6.45) is 2.07. The molecule has 1 saturated heterocycles. The lowest BCUT2D eigenvalue weighted by atomic mass is 9.99. The zero-order valence-corrected chi connectivity index (χ0v) is 16.0. The zero-order chi connectivity index (χ0) is 18.9. The Morgan fingerprint density at radius 1 is 1.19 bits per heavy atom. The summed E-state index contributed by atoms with van der Waals surface area (Å²) in [6, 6.07) is 17.5. The molecule has 2 amide bonds. The molecule has 0 saturated carbocycles. The fraction of sp³-hybridized carbons (Fsp3) is 0.286. The highest BCUT2D eigenvalue weighted by molar-refractivity contribution is 8.16. The van der Waals surface area contributed by atoms with Gasteiger partial charge in [-0.3, -0.25) is 9.59 Å². The van der Waals surface area contributed by atoms with Crippen molar-refractivity contribution >= 4 is 40.1 Å². The maximum atomic E-state index is 13.0. The van der Waals surface area contributed by atoms with Crippen LogP contribution in [0.5, 0.6) is 0 Å². The number of nitrogens with zero attached hydrogens (tertiary/aromatic N) is 2. The quantitative estimate of drug-likeness (QED) is 0.885. The van der Waals surface area contributed by atoms with E-state index in [9.17, 15) is 9.59 Å². The van der Waals surface area contributed by atoms with Gasteiger partial charge >= 0.3 is 0 Å². The molecule has 0 aliphatic carbocycles. The number of nitrogens with one attached hydrogen (secondary N) is 1. The number of hydrogen-bond donors (Lipinski definition) is 1. The van der Waals surface area contributed by atoms with Crippen molar-refractivity contribution in [2.45, 2.75) is 30.9 Å². The number of benzene rings is 2. The second-order valence-electron chi connectivity index (χ2n) is 6.99. The highest BCUT2D eigenvalue weighted by atomic mass is 32.2. The molecule has 1 N–H and O–H groups in total. The van der Waals surface area contributed by atoms with E-state index in [1.165, 1.54) is 17.3 Å². The van der Waals surface area contributed by atoms with Crippen molar-refractivity contribution in [1.82, 2.24) is 5.32 Å². The fourth-order valence-corrected chi connectivity index (χ4v) is 4.54. The van der Waals surface area contributed by atoms with Crippen LogP contribution in [0.2, 0.25) is 0 Å². The molecular formula is C21H21N3O2S. The molecule has 6 heteroatoms. The zero-order valence-electron chi connectivity index (χ0n) is 15.1. The predicted molar refractivity (Wildman–Crippen MR) is 109 cm³/mol. The summed E-state index contributed by atoms with van der Waals surface area (Å²) in [5.41, 5.74) is 2.94. The first-order valence-corrected chi connectivity index (χ1v) is 9.89. The molecule has 1 atom stereocenters. The Kier molecular flexibility index (Phi) is 4.74. The highest BCUT2D eigenvalue weighted by Gasteiger charge is 2.45. The summed E-state index contributed by atoms with van der Waals surface area (Å²) < 4.78 is -0.850. The van der Waals surface area contributed by atoms with E-state index in [1.807, 2.05) is 60.4 Å². The second kappa shape index (κ2) is 7.19. The first-order valence-electron chi connectivity index (χ1n) is 9.08. The van der Waals surface area contributed by atoms with Crippen LogP contribution < -0.4 is 10.2 Å². The average Bonchev–Trinajstić information content (AvgIpc) is 2.95. The molecule has 5 nitrogen and oxygen atoms in total. The lowest BCUT2D eigenvalue weighted by Crippen LogP contribution is -2.42. The Balaban J connectivity index is 1.51. The van der Waals surface area contributed by atoms with Crippen LogP contribution in [-0.4, -0.2) is 28.3 Å². The summed E-state index contributed by atoms with van der Waals surface area (Å²) >= 11 is 1.33. The number of hydrogen-bond acceptors (Lipinski definition) is 4. The molecule has 138 valence electrons. The number of fused-ring (bicyclic) bond motifs is 1. The highest BCUT2D eigenvalue weighted by Crippen LogP contribution is 2.37. The van der Waals surface area contributed by atoms with E-state index < -0.39 is 4.75 Å². The topological polar surface area (TPSA) is 61.8 Å². The maximum Gasteiger partial charge on any atom is 0.242 e. The lowest BCUT2D eigenvalue weighted by Gasteiger charge is -2.31. The number of carbonyl (C=O) groups is 2. The Labute approximate surface area is 162 Å². The van der Waals surface area contributed by atoms with Crippen molar-refractivity contribution in [2.24, 2.45) is 4.99 Å². The van der Waals surface area contributed by atoms with Gasteiger partial charge in [0.05, 0.1) is 12.1 Å². The summed E-state index contributed by atoms with van der Waals surface area (Å²) in [5, 5.41) is 3.37. The smallest absolute Gasteiger partial charge is 0.242 e. The molecule has 0 bridgehead atoms. The minimum absolute atomic E-state index is 0.0201. The molecule has 1 unspecified atom stereocenters. The van der Waals surface area contributed by atoms with Gasteiger partial charge in [0.15, 0.2) is 5.17 Å². The van der Waals surface area contributed by atoms with Crippen LogP contribution in [0.1, 0.15) is 25.3 Å². The van der Waals surface area contributed by atoms with E-state index in [-0.39, 0.29) is 18.2 Å². The molecule has 27 heavy (non-hydrogen) atoms. The summed E-state index contributed by atoms with van der Waals surface area (Å²) in [4.78, 5) is 31.9. The first-order chi connectivity index (χ1) is 13.0. The molecular weight excluding hydrogens is 358 g/mol. The van der Waals surface area contributed by atoms with Gasteiger partial charge in [0.25, 0.3) is 0 Å². The number of amides is 2. The molecule has 1 fully saturated rings. The standard InChI is InChI=1S/C21H21N3O2S/c1-21(19(26)23-20(27-21)22-16-10-3-2-4-11-16)14-18(25)24-13-7-9-15-8-5-6-12-17(15)24/h2-6,8,10-12H,7,9,13-14H2,1H3,(H,22,23,26). The van der Waals surface area contributed by atoms with Gasteiger partial charge in [-0.1, -0.05) is 48.2 Å². The van der Waals surface area contributed by atoms with E-state index in [4.69, 9.17) is 0 Å². The van der Waals surface area contributed by atoms with Crippen molar-refractivity contribution in [2.75, 3.05) is 11.4 Å². The van der Waals surface area contributed by atoms with Gasteiger partial charge in [-0.25, -0.2) is 4.99 Å². The number of anilines is 1. The molecule has 0 aromatic heterocycles. The Bertz CT molecular complexity index is 913. The number of rotatable bonds is 3. The van der Waals surface area contributed by atoms with Crippen LogP contribution in [0.25, 0.3) is 0 Å². The second-order valence-corrected chi connectivity index (χ2v) is 8.49. The Hall–Kier alpha value is -2.60. The van der Waals surface area contributed by atoms with Gasteiger partial charge in [0, 0.05) is 12.2 Å². The van der Waals surface area contributed by atoms with Crippen molar-refractivity contribution < 1.29 is 9.59 Å². The molecule has 2 aliphatic heterocycles. The van der Waals surface area contributed by atoms with Crippen molar-refractivity contribution in [3.8, 4) is 0 Å². The van der Waals surface area contributed by atoms with E-state index >= 15 is 0 Å². The fourth-order valence-electron chi connectivity index (χ4n) is 3.48. The molecule has 0 radical (unpaired) electrons. The lowest BCUT2D eigenvalue weighted by molar-refractivity contribution is -0.126. The van der Waals surface area contributed by atoms with Crippen molar-refractivity contribution in [3.05, 3.63) is 60.2 Å². The van der Waals surface area contributed by atoms with Crippen LogP contribution in [0.4, 0.5) is 11.4 Å². The number of aryl methyl sites for hydroxylation is 1. The first kappa shape index (κ1) is 17.8. The SMILES string of the molecule is CC1(CC(=O)N2CCCc3ccccc32)SC(=Nc2ccccc2)NC1=O.